The van der Waals surface area contributed by atoms with Gasteiger partial charge in [-0.25, -0.2) is 9.79 Å². The van der Waals surface area contributed by atoms with Gasteiger partial charge in [-0.3, -0.25) is 9.79 Å². The van der Waals surface area contributed by atoms with Gasteiger partial charge >= 0.3 is 6.03 Å². The number of phenols is 1. The molecule has 9 heteroatoms. The second-order valence-corrected chi connectivity index (χ2v) is 10.5. The van der Waals surface area contributed by atoms with Crippen molar-refractivity contribution in [3.05, 3.63) is 117 Å². The molecule has 2 aliphatic heterocycles. The van der Waals surface area contributed by atoms with E-state index >= 15 is 0 Å². The number of phenolic OH excluding ortho intramolecular Hbond substituents is 1. The first kappa shape index (κ1) is 27.1. The summed E-state index contributed by atoms with van der Waals surface area (Å²) in [4.78, 5) is 33.1. The molecule has 2 aliphatic rings. The molecule has 0 unspecified atom stereocenters. The molecule has 0 saturated heterocycles. The largest absolute Gasteiger partial charge is 0.507 e. The number of hydrogen-bond acceptors (Lipinski definition) is 5. The Kier molecular flexibility index (Phi) is 8.21. The predicted octanol–water partition coefficient (Wildman–Crippen LogP) is 5.62. The van der Waals surface area contributed by atoms with Crippen molar-refractivity contribution in [2.45, 2.75) is 31.8 Å². The lowest BCUT2D eigenvalue weighted by Gasteiger charge is -2.11. The number of fused-ring (bicyclic) bond motifs is 1. The molecule has 0 saturated carbocycles. The molecule has 5 rings (SSSR count). The minimum absolute atomic E-state index is 0.0396. The molecule has 3 aromatic carbocycles. The fraction of sp³-hybridized carbons (Fsp3) is 0.161. The number of hydrogen-bond donors (Lipinski definition) is 4. The Bertz CT molecular complexity index is 1570. The molecule has 0 aliphatic carbocycles. The highest BCUT2D eigenvalue weighted by Gasteiger charge is 2.26. The van der Waals surface area contributed by atoms with Gasteiger partial charge in [-0.15, -0.1) is 0 Å². The molecule has 3 aromatic rings. The maximum atomic E-state index is 12.6. The Morgan fingerprint density at radius 1 is 1.00 bits per heavy atom. The van der Waals surface area contributed by atoms with Crippen molar-refractivity contribution in [2.75, 3.05) is 5.32 Å². The third-order valence-corrected chi connectivity index (χ3v) is 7.36. The molecule has 0 spiro atoms. The van der Waals surface area contributed by atoms with Gasteiger partial charge in [0.2, 0.25) is 0 Å². The minimum atomic E-state index is -0.682. The van der Waals surface area contributed by atoms with Gasteiger partial charge in [0, 0.05) is 29.6 Å². The Hall–Kier alpha value is -4.50. The number of nitrogens with one attached hydrogen (secondary N) is 2. The number of nitrogens with two attached hydrogens (primary N) is 1. The van der Waals surface area contributed by atoms with Crippen LogP contribution in [0.15, 0.2) is 105 Å². The first-order valence-corrected chi connectivity index (χ1v) is 13.7. The summed E-state index contributed by atoms with van der Waals surface area (Å²) in [6, 6.07) is 21.3. The summed E-state index contributed by atoms with van der Waals surface area (Å²) in [5.74, 6) is -0.0438. The average Bonchev–Trinajstić information content (AvgIpc) is 3.17. The monoisotopic (exact) mass is 597 g/mol. The van der Waals surface area contributed by atoms with Crippen LogP contribution in [0.3, 0.4) is 0 Å². The van der Waals surface area contributed by atoms with Crippen LogP contribution in [0.1, 0.15) is 39.9 Å². The number of aromatic hydroxyl groups is 1. The molecule has 3 amide bonds. The van der Waals surface area contributed by atoms with Crippen LogP contribution < -0.4 is 16.4 Å². The number of aliphatic imine (C=N–C) groups is 2. The number of carbonyl (C=O) groups is 2. The fourth-order valence-electron chi connectivity index (χ4n) is 4.69. The van der Waals surface area contributed by atoms with Crippen molar-refractivity contribution in [1.82, 2.24) is 5.32 Å². The van der Waals surface area contributed by atoms with Crippen LogP contribution >= 0.6 is 15.9 Å². The van der Waals surface area contributed by atoms with E-state index in [1.54, 1.807) is 42.6 Å². The molecule has 0 aromatic heterocycles. The first-order valence-electron chi connectivity index (χ1n) is 12.9. The molecular formula is C31H28BrN5O3. The number of carbonyl (C=O) groups excluding carboxylic acids is 2. The zero-order chi connectivity index (χ0) is 28.1. The highest BCUT2D eigenvalue weighted by molar-refractivity contribution is 9.12. The molecule has 5 N–H and O–H groups in total. The van der Waals surface area contributed by atoms with E-state index < -0.39 is 6.03 Å². The highest BCUT2D eigenvalue weighted by Crippen LogP contribution is 2.33. The van der Waals surface area contributed by atoms with Crippen molar-refractivity contribution >= 4 is 45.5 Å². The Morgan fingerprint density at radius 2 is 1.77 bits per heavy atom. The average molecular weight is 599 g/mol. The zero-order valence-electron chi connectivity index (χ0n) is 21.6. The molecule has 0 fully saturated rings. The summed E-state index contributed by atoms with van der Waals surface area (Å²) in [5, 5.41) is 15.8. The van der Waals surface area contributed by atoms with E-state index in [-0.39, 0.29) is 17.7 Å². The fourth-order valence-corrected chi connectivity index (χ4v) is 5.16. The van der Waals surface area contributed by atoms with Crippen LogP contribution in [0, 0.1) is 0 Å². The summed E-state index contributed by atoms with van der Waals surface area (Å²) in [7, 11) is 0. The second kappa shape index (κ2) is 12.1. The minimum Gasteiger partial charge on any atom is -0.507 e. The molecule has 0 bridgehead atoms. The predicted molar refractivity (Wildman–Crippen MR) is 161 cm³/mol. The Morgan fingerprint density at radius 3 is 2.55 bits per heavy atom. The number of primary amides is 1. The molecule has 8 nitrogen and oxygen atoms in total. The summed E-state index contributed by atoms with van der Waals surface area (Å²) < 4.78 is 0.873. The van der Waals surface area contributed by atoms with E-state index in [9.17, 15) is 14.7 Å². The number of anilines is 1. The standard InChI is InChI=1S/C31H28BrN5O3/c32-25-18-34-27-15-21(14-26(37-29(25)27)24-6-1-2-7-28(24)38)13-10-19-8-11-20(12-9-19)17-35-30(39)22-4-3-5-23(16-22)36-31(33)40/h1-9,11-12,14,16,18,27,38H,10,13,15,17H2,(H,35,39)(H3,33,36,40)/t27-/m1/s1. The number of amides is 3. The molecule has 0 radical (unpaired) electrons. The molecule has 202 valence electrons. The summed E-state index contributed by atoms with van der Waals surface area (Å²) in [6.07, 6.45) is 6.31. The van der Waals surface area contributed by atoms with E-state index in [0.29, 0.717) is 23.4 Å². The van der Waals surface area contributed by atoms with Crippen molar-refractivity contribution in [3.8, 4) is 5.75 Å². The summed E-state index contributed by atoms with van der Waals surface area (Å²) in [5.41, 5.74) is 11.7. The lowest BCUT2D eigenvalue weighted by molar-refractivity contribution is 0.0951. The van der Waals surface area contributed by atoms with Crippen molar-refractivity contribution in [1.29, 1.82) is 0 Å². The number of benzene rings is 3. The maximum absolute atomic E-state index is 12.6. The Balaban J connectivity index is 1.22. The van der Waals surface area contributed by atoms with Crippen molar-refractivity contribution < 1.29 is 14.7 Å². The van der Waals surface area contributed by atoms with Crippen molar-refractivity contribution in [2.24, 2.45) is 15.7 Å². The quantitative estimate of drug-likeness (QED) is 0.269. The van der Waals surface area contributed by atoms with Crippen LogP contribution in [0.2, 0.25) is 0 Å². The van der Waals surface area contributed by atoms with Crippen LogP contribution in [-0.4, -0.2) is 35.0 Å². The van der Waals surface area contributed by atoms with Gasteiger partial charge in [0.15, 0.2) is 0 Å². The van der Waals surface area contributed by atoms with Crippen LogP contribution in [-0.2, 0) is 13.0 Å². The SMILES string of the molecule is NC(=O)Nc1cccc(C(=O)NCc2ccc(CCC3=CC(c4ccccc4O)=NC4=C(Br)C=N[C@@H]4C3)cc2)c1. The lowest BCUT2D eigenvalue weighted by atomic mass is 9.96. The number of halogens is 1. The third-order valence-electron chi connectivity index (χ3n) is 6.75. The van der Waals surface area contributed by atoms with Gasteiger partial charge in [-0.05, 0) is 82.7 Å². The number of urea groups is 1. The van der Waals surface area contributed by atoms with Gasteiger partial charge < -0.3 is 21.5 Å². The number of rotatable bonds is 8. The van der Waals surface area contributed by atoms with E-state index in [4.69, 9.17) is 10.7 Å². The van der Waals surface area contributed by atoms with E-state index in [0.717, 1.165) is 40.7 Å². The summed E-state index contributed by atoms with van der Waals surface area (Å²) in [6.45, 7) is 0.377. The second-order valence-electron chi connectivity index (χ2n) is 9.62. The molecule has 2 heterocycles. The van der Waals surface area contributed by atoms with E-state index in [1.165, 1.54) is 11.1 Å². The molecular weight excluding hydrogens is 570 g/mol. The van der Waals surface area contributed by atoms with Gasteiger partial charge in [0.1, 0.15) is 5.75 Å². The van der Waals surface area contributed by atoms with Crippen LogP contribution in [0.4, 0.5) is 10.5 Å². The zero-order valence-corrected chi connectivity index (χ0v) is 23.2. The number of nitrogens with zero attached hydrogens (tertiary/aromatic N) is 2. The highest BCUT2D eigenvalue weighted by atomic mass is 79.9. The lowest BCUT2D eigenvalue weighted by Crippen LogP contribution is -2.23. The van der Waals surface area contributed by atoms with E-state index in [1.807, 2.05) is 24.3 Å². The van der Waals surface area contributed by atoms with E-state index in [2.05, 4.69) is 49.8 Å². The van der Waals surface area contributed by atoms with Crippen LogP contribution in [0.25, 0.3) is 0 Å². The van der Waals surface area contributed by atoms with Gasteiger partial charge in [0.05, 0.1) is 21.9 Å². The van der Waals surface area contributed by atoms with Gasteiger partial charge in [-0.2, -0.15) is 0 Å². The smallest absolute Gasteiger partial charge is 0.316 e. The van der Waals surface area contributed by atoms with Gasteiger partial charge in [-0.1, -0.05) is 48.0 Å². The normalized spacial score (nSPS) is 16.1. The number of para-hydroxylation sites is 1. The summed E-state index contributed by atoms with van der Waals surface area (Å²) >= 11 is 3.57. The number of allylic oxidation sites excluding steroid dienone is 2. The van der Waals surface area contributed by atoms with Crippen molar-refractivity contribution in [3.63, 3.8) is 0 Å². The molecule has 1 atom stereocenters. The van der Waals surface area contributed by atoms with Crippen LogP contribution in [0.5, 0.6) is 5.75 Å². The van der Waals surface area contributed by atoms with Gasteiger partial charge in [0.25, 0.3) is 5.91 Å². The molecule has 40 heavy (non-hydrogen) atoms. The third kappa shape index (κ3) is 6.55. The topological polar surface area (TPSA) is 129 Å². The number of aryl methyl sites for hydroxylation is 1. The first-order chi connectivity index (χ1) is 19.4. The Labute approximate surface area is 240 Å². The maximum Gasteiger partial charge on any atom is 0.316 e.